The standard InChI is InChI=1S/C16H24O2/c1-2-12-8-10-14(11-9-12)16(18)15(17)13-6-4-3-5-7-13/h8-11,13,15-18H,2-7H2,1H3. The Morgan fingerprint density at radius 2 is 1.67 bits per heavy atom. The first-order valence-corrected chi connectivity index (χ1v) is 7.17. The number of benzene rings is 1. The van der Waals surface area contributed by atoms with Gasteiger partial charge in [-0.05, 0) is 36.3 Å². The third-order valence-electron chi connectivity index (χ3n) is 4.19. The Hall–Kier alpha value is -0.860. The van der Waals surface area contributed by atoms with E-state index in [1.54, 1.807) is 0 Å². The van der Waals surface area contributed by atoms with Crippen LogP contribution in [-0.4, -0.2) is 16.3 Å². The Kier molecular flexibility index (Phi) is 4.79. The van der Waals surface area contributed by atoms with Crippen LogP contribution < -0.4 is 0 Å². The van der Waals surface area contributed by atoms with Gasteiger partial charge in [0, 0.05) is 0 Å². The van der Waals surface area contributed by atoms with Crippen molar-refractivity contribution in [3.05, 3.63) is 35.4 Å². The quantitative estimate of drug-likeness (QED) is 0.859. The lowest BCUT2D eigenvalue weighted by Gasteiger charge is -2.30. The summed E-state index contributed by atoms with van der Waals surface area (Å²) in [5, 5.41) is 20.5. The SMILES string of the molecule is CCc1ccc(C(O)C(O)C2CCCCC2)cc1. The van der Waals surface area contributed by atoms with Crippen LogP contribution in [0.25, 0.3) is 0 Å². The molecular weight excluding hydrogens is 224 g/mol. The molecule has 0 heterocycles. The van der Waals surface area contributed by atoms with Gasteiger partial charge in [-0.15, -0.1) is 0 Å². The van der Waals surface area contributed by atoms with E-state index in [9.17, 15) is 10.2 Å². The average Bonchev–Trinajstić information content (AvgIpc) is 2.47. The van der Waals surface area contributed by atoms with E-state index in [0.29, 0.717) is 0 Å². The minimum absolute atomic E-state index is 0.264. The molecule has 0 saturated heterocycles. The molecule has 2 atom stereocenters. The van der Waals surface area contributed by atoms with Crippen molar-refractivity contribution < 1.29 is 10.2 Å². The second kappa shape index (κ2) is 6.35. The zero-order chi connectivity index (χ0) is 13.0. The fourth-order valence-corrected chi connectivity index (χ4v) is 2.88. The van der Waals surface area contributed by atoms with E-state index in [2.05, 4.69) is 6.92 Å². The Morgan fingerprint density at radius 1 is 1.06 bits per heavy atom. The number of rotatable bonds is 4. The number of hydrogen-bond acceptors (Lipinski definition) is 2. The average molecular weight is 248 g/mol. The van der Waals surface area contributed by atoms with Gasteiger partial charge in [-0.25, -0.2) is 0 Å². The summed E-state index contributed by atoms with van der Waals surface area (Å²) in [4.78, 5) is 0. The summed E-state index contributed by atoms with van der Waals surface area (Å²) < 4.78 is 0. The molecule has 100 valence electrons. The molecule has 1 aromatic carbocycles. The van der Waals surface area contributed by atoms with Crippen molar-refractivity contribution in [2.24, 2.45) is 5.92 Å². The molecule has 2 rings (SSSR count). The van der Waals surface area contributed by atoms with Crippen molar-refractivity contribution >= 4 is 0 Å². The summed E-state index contributed by atoms with van der Waals surface area (Å²) in [7, 11) is 0. The van der Waals surface area contributed by atoms with Gasteiger partial charge in [0.25, 0.3) is 0 Å². The summed E-state index contributed by atoms with van der Waals surface area (Å²) in [5.41, 5.74) is 2.10. The fourth-order valence-electron chi connectivity index (χ4n) is 2.88. The predicted octanol–water partition coefficient (Wildman–Crippen LogP) is 3.22. The van der Waals surface area contributed by atoms with Crippen LogP contribution in [0.15, 0.2) is 24.3 Å². The number of aliphatic hydroxyl groups excluding tert-OH is 2. The van der Waals surface area contributed by atoms with Crippen LogP contribution in [-0.2, 0) is 6.42 Å². The molecule has 1 aromatic rings. The van der Waals surface area contributed by atoms with E-state index >= 15 is 0 Å². The van der Waals surface area contributed by atoms with Crippen molar-refractivity contribution in [2.75, 3.05) is 0 Å². The fraction of sp³-hybridized carbons (Fsp3) is 0.625. The van der Waals surface area contributed by atoms with Crippen molar-refractivity contribution in [2.45, 2.75) is 57.7 Å². The zero-order valence-corrected chi connectivity index (χ0v) is 11.2. The maximum absolute atomic E-state index is 10.3. The van der Waals surface area contributed by atoms with E-state index in [0.717, 1.165) is 24.8 Å². The first-order chi connectivity index (χ1) is 8.72. The molecule has 1 aliphatic rings. The second-order valence-corrected chi connectivity index (χ2v) is 5.43. The molecule has 1 fully saturated rings. The Labute approximate surface area is 110 Å². The summed E-state index contributed by atoms with van der Waals surface area (Å²) >= 11 is 0. The molecule has 1 saturated carbocycles. The molecule has 2 nitrogen and oxygen atoms in total. The highest BCUT2D eigenvalue weighted by atomic mass is 16.3. The largest absolute Gasteiger partial charge is 0.390 e. The maximum atomic E-state index is 10.3. The molecule has 0 aliphatic heterocycles. The Balaban J connectivity index is 2.01. The molecule has 0 bridgehead atoms. The Morgan fingerprint density at radius 3 is 2.22 bits per heavy atom. The van der Waals surface area contributed by atoms with Gasteiger partial charge in [0.05, 0.1) is 6.10 Å². The normalized spacial score (nSPS) is 20.6. The maximum Gasteiger partial charge on any atom is 0.105 e. The van der Waals surface area contributed by atoms with Crippen molar-refractivity contribution in [3.8, 4) is 0 Å². The van der Waals surface area contributed by atoms with Gasteiger partial charge in [0.15, 0.2) is 0 Å². The highest BCUT2D eigenvalue weighted by molar-refractivity contribution is 5.24. The molecule has 0 spiro atoms. The third-order valence-corrected chi connectivity index (χ3v) is 4.19. The number of aryl methyl sites for hydroxylation is 1. The molecule has 2 unspecified atom stereocenters. The topological polar surface area (TPSA) is 40.5 Å². The van der Waals surface area contributed by atoms with Crippen molar-refractivity contribution in [1.29, 1.82) is 0 Å². The van der Waals surface area contributed by atoms with Gasteiger partial charge >= 0.3 is 0 Å². The van der Waals surface area contributed by atoms with E-state index in [1.165, 1.54) is 24.8 Å². The van der Waals surface area contributed by atoms with E-state index < -0.39 is 12.2 Å². The van der Waals surface area contributed by atoms with Crippen LogP contribution >= 0.6 is 0 Å². The highest BCUT2D eigenvalue weighted by Gasteiger charge is 2.28. The summed E-state index contributed by atoms with van der Waals surface area (Å²) in [6.45, 7) is 2.11. The van der Waals surface area contributed by atoms with Crippen LogP contribution in [0.5, 0.6) is 0 Å². The molecule has 1 aliphatic carbocycles. The number of aliphatic hydroxyl groups is 2. The van der Waals surface area contributed by atoms with Crippen LogP contribution in [0.4, 0.5) is 0 Å². The molecule has 18 heavy (non-hydrogen) atoms. The van der Waals surface area contributed by atoms with Gasteiger partial charge < -0.3 is 10.2 Å². The van der Waals surface area contributed by atoms with Gasteiger partial charge in [0.1, 0.15) is 6.10 Å². The summed E-state index contributed by atoms with van der Waals surface area (Å²) in [6.07, 6.45) is 5.38. The van der Waals surface area contributed by atoms with Gasteiger partial charge in [0.2, 0.25) is 0 Å². The van der Waals surface area contributed by atoms with E-state index in [1.807, 2.05) is 24.3 Å². The Bertz CT molecular complexity index is 352. The zero-order valence-electron chi connectivity index (χ0n) is 11.2. The smallest absolute Gasteiger partial charge is 0.105 e. The highest BCUT2D eigenvalue weighted by Crippen LogP contribution is 2.32. The first-order valence-electron chi connectivity index (χ1n) is 7.17. The van der Waals surface area contributed by atoms with Crippen LogP contribution in [0, 0.1) is 5.92 Å². The first kappa shape index (κ1) is 13.6. The van der Waals surface area contributed by atoms with E-state index in [-0.39, 0.29) is 5.92 Å². The van der Waals surface area contributed by atoms with Crippen LogP contribution in [0.1, 0.15) is 56.3 Å². The molecule has 0 radical (unpaired) electrons. The lowest BCUT2D eigenvalue weighted by molar-refractivity contribution is -0.0285. The van der Waals surface area contributed by atoms with Gasteiger partial charge in [-0.1, -0.05) is 50.5 Å². The van der Waals surface area contributed by atoms with Crippen LogP contribution in [0.3, 0.4) is 0 Å². The molecule has 2 N–H and O–H groups in total. The minimum atomic E-state index is -0.737. The molecule has 2 heteroatoms. The lowest BCUT2D eigenvalue weighted by atomic mass is 9.82. The predicted molar refractivity (Wildman–Crippen MR) is 73.4 cm³/mol. The molecule has 0 aromatic heterocycles. The second-order valence-electron chi connectivity index (χ2n) is 5.43. The summed E-state index contributed by atoms with van der Waals surface area (Å²) in [6, 6.07) is 7.95. The number of hydrogen-bond donors (Lipinski definition) is 2. The monoisotopic (exact) mass is 248 g/mol. The van der Waals surface area contributed by atoms with Crippen molar-refractivity contribution in [3.63, 3.8) is 0 Å². The molecular formula is C16H24O2. The lowest BCUT2D eigenvalue weighted by Crippen LogP contribution is -2.29. The van der Waals surface area contributed by atoms with E-state index in [4.69, 9.17) is 0 Å². The third kappa shape index (κ3) is 3.12. The van der Waals surface area contributed by atoms with Gasteiger partial charge in [-0.3, -0.25) is 0 Å². The minimum Gasteiger partial charge on any atom is -0.390 e. The van der Waals surface area contributed by atoms with Gasteiger partial charge in [-0.2, -0.15) is 0 Å². The summed E-state index contributed by atoms with van der Waals surface area (Å²) in [5.74, 6) is 0.264. The van der Waals surface area contributed by atoms with Crippen molar-refractivity contribution in [1.82, 2.24) is 0 Å². The van der Waals surface area contributed by atoms with Crippen LogP contribution in [0.2, 0.25) is 0 Å². The molecule has 0 amide bonds.